The summed E-state index contributed by atoms with van der Waals surface area (Å²) >= 11 is 5.80. The lowest BCUT2D eigenvalue weighted by molar-refractivity contribution is 0.318. The van der Waals surface area contributed by atoms with Crippen molar-refractivity contribution in [1.29, 1.82) is 0 Å². The average molecular weight is 299 g/mol. The molecule has 0 unspecified atom stereocenters. The second kappa shape index (κ2) is 5.75. The summed E-state index contributed by atoms with van der Waals surface area (Å²) in [5.74, 6) is -2.68. The van der Waals surface area contributed by atoms with Crippen molar-refractivity contribution in [2.45, 2.75) is 0 Å². The molecule has 7 heteroatoms. The van der Waals surface area contributed by atoms with Crippen LogP contribution in [0.4, 0.5) is 8.78 Å². The van der Waals surface area contributed by atoms with Gasteiger partial charge in [-0.25, -0.2) is 4.39 Å². The lowest BCUT2D eigenvalue weighted by Gasteiger charge is -2.11. The Morgan fingerprint density at radius 1 is 1.20 bits per heavy atom. The molecule has 104 valence electrons. The van der Waals surface area contributed by atoms with E-state index in [1.54, 1.807) is 0 Å². The second-order valence-corrected chi connectivity index (χ2v) is 4.22. The van der Waals surface area contributed by atoms with Gasteiger partial charge in [-0.15, -0.1) is 0 Å². The zero-order valence-corrected chi connectivity index (χ0v) is 10.7. The number of ether oxygens (including phenoxy) is 1. The number of oxime groups is 1. The van der Waals surface area contributed by atoms with Crippen molar-refractivity contribution in [3.8, 4) is 11.5 Å². The fourth-order valence-electron chi connectivity index (χ4n) is 1.53. The summed E-state index contributed by atoms with van der Waals surface area (Å²) in [4.78, 5) is 0. The van der Waals surface area contributed by atoms with Crippen molar-refractivity contribution < 1.29 is 18.7 Å². The first-order valence-corrected chi connectivity index (χ1v) is 5.80. The third-order valence-corrected chi connectivity index (χ3v) is 2.70. The van der Waals surface area contributed by atoms with Crippen LogP contribution in [0.3, 0.4) is 0 Å². The van der Waals surface area contributed by atoms with Crippen LogP contribution in [0.25, 0.3) is 0 Å². The smallest absolute Gasteiger partial charge is 0.201 e. The number of hydrogen-bond acceptors (Lipinski definition) is 3. The summed E-state index contributed by atoms with van der Waals surface area (Å²) < 4.78 is 31.9. The first-order chi connectivity index (χ1) is 9.52. The van der Waals surface area contributed by atoms with E-state index in [9.17, 15) is 8.78 Å². The van der Waals surface area contributed by atoms with Crippen LogP contribution < -0.4 is 10.5 Å². The van der Waals surface area contributed by atoms with Crippen LogP contribution in [0.15, 0.2) is 41.6 Å². The van der Waals surface area contributed by atoms with E-state index >= 15 is 0 Å². The van der Waals surface area contributed by atoms with Gasteiger partial charge in [-0.1, -0.05) is 22.8 Å². The third kappa shape index (κ3) is 2.80. The van der Waals surface area contributed by atoms with Gasteiger partial charge >= 0.3 is 0 Å². The lowest BCUT2D eigenvalue weighted by Crippen LogP contribution is -2.14. The van der Waals surface area contributed by atoms with Crippen molar-refractivity contribution in [1.82, 2.24) is 0 Å². The molecule has 0 spiro atoms. The van der Waals surface area contributed by atoms with Crippen molar-refractivity contribution >= 4 is 17.4 Å². The molecule has 2 aromatic rings. The zero-order valence-electron chi connectivity index (χ0n) is 9.98. The minimum atomic E-state index is -1.13. The van der Waals surface area contributed by atoms with Crippen LogP contribution in [0.2, 0.25) is 5.02 Å². The number of halogens is 3. The summed E-state index contributed by atoms with van der Waals surface area (Å²) in [5.41, 5.74) is 5.64. The second-order valence-electron chi connectivity index (χ2n) is 3.78. The fourth-order valence-corrected chi connectivity index (χ4v) is 1.70. The Kier molecular flexibility index (Phi) is 4.05. The molecule has 0 bridgehead atoms. The number of amidine groups is 1. The van der Waals surface area contributed by atoms with Gasteiger partial charge in [0.25, 0.3) is 0 Å². The van der Waals surface area contributed by atoms with Crippen molar-refractivity contribution in [2.75, 3.05) is 0 Å². The zero-order chi connectivity index (χ0) is 14.7. The summed E-state index contributed by atoms with van der Waals surface area (Å²) in [5, 5.41) is 11.8. The van der Waals surface area contributed by atoms with Crippen molar-refractivity contribution in [2.24, 2.45) is 10.9 Å². The monoisotopic (exact) mass is 298 g/mol. The third-order valence-electron chi connectivity index (χ3n) is 2.46. The molecular formula is C13H9ClF2N2O2. The minimum Gasteiger partial charge on any atom is -0.453 e. The standard InChI is InChI=1S/C13H9ClF2N2O2/c14-7-4-5-10(8(6-7)13(17)18-19)20-11-3-1-2-9(15)12(11)16/h1-6,19H,(H2,17,18). The average Bonchev–Trinajstić information content (AvgIpc) is 2.44. The van der Waals surface area contributed by atoms with Crippen molar-refractivity contribution in [3.63, 3.8) is 0 Å². The van der Waals surface area contributed by atoms with Gasteiger partial charge in [-0.2, -0.15) is 4.39 Å². The molecule has 0 amide bonds. The molecule has 20 heavy (non-hydrogen) atoms. The molecule has 0 saturated heterocycles. The van der Waals surface area contributed by atoms with E-state index in [1.807, 2.05) is 0 Å². The first-order valence-electron chi connectivity index (χ1n) is 5.42. The van der Waals surface area contributed by atoms with Gasteiger partial charge in [0, 0.05) is 5.02 Å². The largest absolute Gasteiger partial charge is 0.453 e. The van der Waals surface area contributed by atoms with Crippen LogP contribution in [0.5, 0.6) is 11.5 Å². The van der Waals surface area contributed by atoms with Gasteiger partial charge in [-0.05, 0) is 30.3 Å². The topological polar surface area (TPSA) is 67.8 Å². The van der Waals surface area contributed by atoms with Crippen LogP contribution in [-0.2, 0) is 0 Å². The Morgan fingerprint density at radius 3 is 2.65 bits per heavy atom. The van der Waals surface area contributed by atoms with E-state index in [0.29, 0.717) is 5.02 Å². The molecule has 0 fully saturated rings. The Balaban J connectivity index is 2.46. The molecular weight excluding hydrogens is 290 g/mol. The predicted octanol–water partition coefficient (Wildman–Crippen LogP) is 3.51. The van der Waals surface area contributed by atoms with Crippen LogP contribution in [0.1, 0.15) is 5.56 Å². The van der Waals surface area contributed by atoms with E-state index in [1.165, 1.54) is 30.3 Å². The van der Waals surface area contributed by atoms with Crippen molar-refractivity contribution in [3.05, 3.63) is 58.6 Å². The van der Waals surface area contributed by atoms with Gasteiger partial charge < -0.3 is 15.7 Å². The minimum absolute atomic E-state index is 0.0780. The number of nitrogens with zero attached hydrogens (tertiary/aromatic N) is 1. The summed E-state index contributed by atoms with van der Waals surface area (Å²) in [6, 6.07) is 7.77. The van der Waals surface area contributed by atoms with Gasteiger partial charge in [0.05, 0.1) is 5.56 Å². The molecule has 0 atom stereocenters. The first kappa shape index (κ1) is 14.1. The summed E-state index contributed by atoms with van der Waals surface area (Å²) in [6.45, 7) is 0. The molecule has 2 aromatic carbocycles. The van der Waals surface area contributed by atoms with Crippen LogP contribution >= 0.6 is 11.6 Å². The number of nitrogens with two attached hydrogens (primary N) is 1. The Morgan fingerprint density at radius 2 is 1.95 bits per heavy atom. The van der Waals surface area contributed by atoms with Crippen LogP contribution in [-0.4, -0.2) is 11.0 Å². The SMILES string of the molecule is NC(=NO)c1cc(Cl)ccc1Oc1cccc(F)c1F. The van der Waals surface area contributed by atoms with E-state index < -0.39 is 11.6 Å². The van der Waals surface area contributed by atoms with Crippen LogP contribution in [0, 0.1) is 11.6 Å². The quantitative estimate of drug-likeness (QED) is 0.394. The van der Waals surface area contributed by atoms with Gasteiger partial charge in [0.15, 0.2) is 17.4 Å². The van der Waals surface area contributed by atoms with E-state index in [2.05, 4.69) is 5.16 Å². The Bertz CT molecular complexity index is 677. The normalized spacial score (nSPS) is 11.4. The highest BCUT2D eigenvalue weighted by atomic mass is 35.5. The molecule has 0 heterocycles. The van der Waals surface area contributed by atoms with Gasteiger partial charge in [0.1, 0.15) is 5.75 Å². The maximum atomic E-state index is 13.5. The molecule has 4 nitrogen and oxygen atoms in total. The highest BCUT2D eigenvalue weighted by molar-refractivity contribution is 6.31. The molecule has 0 aliphatic rings. The van der Waals surface area contributed by atoms with Gasteiger partial charge in [-0.3, -0.25) is 0 Å². The van der Waals surface area contributed by atoms with E-state index in [-0.39, 0.29) is 22.9 Å². The highest BCUT2D eigenvalue weighted by Gasteiger charge is 2.14. The highest BCUT2D eigenvalue weighted by Crippen LogP contribution is 2.30. The molecule has 0 radical (unpaired) electrons. The number of rotatable bonds is 3. The number of hydrogen-bond donors (Lipinski definition) is 2. The lowest BCUT2D eigenvalue weighted by atomic mass is 10.2. The Labute approximate surface area is 118 Å². The van der Waals surface area contributed by atoms with E-state index in [0.717, 1.165) is 6.07 Å². The Hall–Kier alpha value is -2.34. The van der Waals surface area contributed by atoms with Gasteiger partial charge in [0.2, 0.25) is 5.82 Å². The number of benzene rings is 2. The molecule has 0 aliphatic heterocycles. The molecule has 2 rings (SSSR count). The fraction of sp³-hybridized carbons (Fsp3) is 0. The predicted molar refractivity (Wildman–Crippen MR) is 70.4 cm³/mol. The molecule has 0 aromatic heterocycles. The van der Waals surface area contributed by atoms with E-state index in [4.69, 9.17) is 27.3 Å². The molecule has 0 saturated carbocycles. The summed E-state index contributed by atoms with van der Waals surface area (Å²) in [6.07, 6.45) is 0. The summed E-state index contributed by atoms with van der Waals surface area (Å²) in [7, 11) is 0. The maximum absolute atomic E-state index is 13.5. The molecule has 0 aliphatic carbocycles. The maximum Gasteiger partial charge on any atom is 0.201 e. The molecule has 3 N–H and O–H groups in total.